The van der Waals surface area contributed by atoms with Crippen molar-refractivity contribution in [3.05, 3.63) is 61.2 Å². The summed E-state index contributed by atoms with van der Waals surface area (Å²) in [5.41, 5.74) is -0.468. The summed E-state index contributed by atoms with van der Waals surface area (Å²) in [6.07, 6.45) is 4.86. The van der Waals surface area contributed by atoms with Gasteiger partial charge >= 0.3 is 5.97 Å². The molecule has 4 heterocycles. The van der Waals surface area contributed by atoms with Gasteiger partial charge in [-0.1, -0.05) is 56.3 Å². The maximum Gasteiger partial charge on any atom is 0.306 e. The van der Waals surface area contributed by atoms with Crippen molar-refractivity contribution in [3.8, 4) is 0 Å². The SMILES string of the molecule is C=CCCC(=O)OC[C@@H](NC(=O)[C@@H]1[C@H]2C(=O)N([C@@H](CO)CC(C)C)[C@H](C(=O)N(CC=C)CCN3CCOCC3)[C@]23CC[C@H]1O3)c1ccccc1. The van der Waals surface area contributed by atoms with Crippen molar-refractivity contribution < 1.29 is 38.5 Å². The number of fused-ring (bicyclic) bond motifs is 1. The van der Waals surface area contributed by atoms with Gasteiger partial charge in [0.15, 0.2) is 0 Å². The first-order valence-corrected chi connectivity index (χ1v) is 18.1. The number of carbonyl (C=O) groups is 4. The molecule has 12 heteroatoms. The normalized spacial score (nSPS) is 27.1. The number of rotatable bonds is 18. The van der Waals surface area contributed by atoms with E-state index in [0.717, 1.165) is 18.7 Å². The fraction of sp³-hybridized carbons (Fsp3) is 0.632. The molecule has 4 saturated heterocycles. The number of benzene rings is 1. The Morgan fingerprint density at radius 1 is 1.16 bits per heavy atom. The zero-order chi connectivity index (χ0) is 35.8. The molecule has 50 heavy (non-hydrogen) atoms. The summed E-state index contributed by atoms with van der Waals surface area (Å²) in [5, 5.41) is 13.7. The molecule has 1 aromatic carbocycles. The van der Waals surface area contributed by atoms with E-state index in [0.29, 0.717) is 52.0 Å². The highest BCUT2D eigenvalue weighted by molar-refractivity contribution is 5.99. The Hall–Kier alpha value is -3.58. The second-order valence-electron chi connectivity index (χ2n) is 14.3. The van der Waals surface area contributed by atoms with E-state index in [2.05, 4.69) is 23.4 Å². The molecular weight excluding hydrogens is 640 g/mol. The van der Waals surface area contributed by atoms with E-state index in [9.17, 15) is 24.3 Å². The Morgan fingerprint density at radius 3 is 2.56 bits per heavy atom. The van der Waals surface area contributed by atoms with Crippen LogP contribution in [0, 0.1) is 17.8 Å². The predicted molar refractivity (Wildman–Crippen MR) is 187 cm³/mol. The fourth-order valence-electron chi connectivity index (χ4n) is 8.23. The van der Waals surface area contributed by atoms with Crippen LogP contribution in [0.4, 0.5) is 0 Å². The average molecular weight is 695 g/mol. The molecule has 4 fully saturated rings. The van der Waals surface area contributed by atoms with E-state index >= 15 is 0 Å². The molecule has 4 aliphatic heterocycles. The van der Waals surface area contributed by atoms with Gasteiger partial charge in [0.25, 0.3) is 0 Å². The van der Waals surface area contributed by atoms with E-state index in [1.807, 2.05) is 44.2 Å². The Kier molecular flexibility index (Phi) is 12.9. The van der Waals surface area contributed by atoms with Gasteiger partial charge in [0.1, 0.15) is 18.2 Å². The largest absolute Gasteiger partial charge is 0.463 e. The number of nitrogens with zero attached hydrogens (tertiary/aromatic N) is 3. The molecule has 2 N–H and O–H groups in total. The summed E-state index contributed by atoms with van der Waals surface area (Å²) >= 11 is 0. The van der Waals surface area contributed by atoms with Crippen LogP contribution < -0.4 is 5.32 Å². The van der Waals surface area contributed by atoms with Gasteiger partial charge in [-0.25, -0.2) is 0 Å². The molecule has 4 aliphatic rings. The molecule has 5 rings (SSSR count). The van der Waals surface area contributed by atoms with E-state index in [-0.39, 0.29) is 43.9 Å². The summed E-state index contributed by atoms with van der Waals surface area (Å²) in [5.74, 6) is -3.03. The van der Waals surface area contributed by atoms with Crippen molar-refractivity contribution in [1.82, 2.24) is 20.0 Å². The summed E-state index contributed by atoms with van der Waals surface area (Å²) in [4.78, 5) is 61.8. The van der Waals surface area contributed by atoms with Crippen molar-refractivity contribution in [2.24, 2.45) is 17.8 Å². The number of amides is 3. The average Bonchev–Trinajstić information content (AvgIpc) is 3.77. The number of aliphatic hydroxyl groups excluding tert-OH is 1. The number of nitrogens with one attached hydrogen (secondary N) is 1. The molecule has 0 aromatic heterocycles. The topological polar surface area (TPSA) is 138 Å². The lowest BCUT2D eigenvalue weighted by Gasteiger charge is -2.40. The Bertz CT molecular complexity index is 1370. The maximum absolute atomic E-state index is 14.8. The highest BCUT2D eigenvalue weighted by atomic mass is 16.5. The predicted octanol–water partition coefficient (Wildman–Crippen LogP) is 2.48. The number of carbonyl (C=O) groups excluding carboxylic acids is 4. The van der Waals surface area contributed by atoms with Crippen LogP contribution in [0.15, 0.2) is 55.6 Å². The summed E-state index contributed by atoms with van der Waals surface area (Å²) in [6.45, 7) is 15.4. The zero-order valence-corrected chi connectivity index (χ0v) is 29.5. The molecule has 0 saturated carbocycles. The van der Waals surface area contributed by atoms with Crippen molar-refractivity contribution in [2.45, 2.75) is 75.8 Å². The van der Waals surface area contributed by atoms with Gasteiger partial charge in [-0.05, 0) is 37.2 Å². The second-order valence-corrected chi connectivity index (χ2v) is 14.3. The van der Waals surface area contributed by atoms with Crippen molar-refractivity contribution in [2.75, 3.05) is 59.2 Å². The molecular formula is C38H54N4O8. The molecule has 274 valence electrons. The summed E-state index contributed by atoms with van der Waals surface area (Å²) in [7, 11) is 0. The number of morpholine rings is 1. The molecule has 7 atom stereocenters. The van der Waals surface area contributed by atoms with Gasteiger partial charge in [-0.2, -0.15) is 0 Å². The van der Waals surface area contributed by atoms with Crippen LogP contribution in [-0.4, -0.2) is 126 Å². The van der Waals surface area contributed by atoms with Crippen LogP contribution in [-0.2, 0) is 33.4 Å². The Labute approximate surface area is 295 Å². The van der Waals surface area contributed by atoms with Crippen LogP contribution in [0.1, 0.15) is 57.6 Å². The van der Waals surface area contributed by atoms with E-state index in [4.69, 9.17) is 14.2 Å². The highest BCUT2D eigenvalue weighted by Crippen LogP contribution is 2.59. The third-order valence-corrected chi connectivity index (χ3v) is 10.6. The lowest BCUT2D eigenvalue weighted by atomic mass is 9.70. The summed E-state index contributed by atoms with van der Waals surface area (Å²) < 4.78 is 17.8. The molecule has 2 bridgehead atoms. The summed E-state index contributed by atoms with van der Waals surface area (Å²) in [6, 6.07) is 6.96. The quantitative estimate of drug-likeness (QED) is 0.175. The van der Waals surface area contributed by atoms with Gasteiger partial charge in [0, 0.05) is 39.1 Å². The van der Waals surface area contributed by atoms with Crippen LogP contribution in [0.5, 0.6) is 0 Å². The number of allylic oxidation sites excluding steroid dienone is 1. The molecule has 0 aliphatic carbocycles. The number of hydrogen-bond donors (Lipinski definition) is 2. The van der Waals surface area contributed by atoms with Crippen LogP contribution >= 0.6 is 0 Å². The first-order valence-electron chi connectivity index (χ1n) is 18.1. The first-order chi connectivity index (χ1) is 24.1. The Morgan fingerprint density at radius 2 is 1.90 bits per heavy atom. The van der Waals surface area contributed by atoms with Gasteiger partial charge in [-0.3, -0.25) is 24.1 Å². The minimum absolute atomic E-state index is 0.0817. The molecule has 0 unspecified atom stereocenters. The minimum atomic E-state index is -1.22. The second kappa shape index (κ2) is 17.1. The standard InChI is InChI=1S/C38H54N4O8/c1-5-7-13-31(44)49-25-29(27-11-9-8-10-12-27)39-35(45)32-30-14-15-38(50-30)33(32)36(46)42(28(24-43)23-26(3)4)34(38)37(47)41(16-6-2)18-17-40-19-21-48-22-20-40/h5-6,8-12,26,28-30,32-34,43H,1-2,7,13-25H2,3-4H3,(H,39,45)/t28-,29-,30-,32+,33+,34-,38+/m1/s1. The van der Waals surface area contributed by atoms with Crippen molar-refractivity contribution >= 4 is 23.7 Å². The number of ether oxygens (including phenoxy) is 3. The lowest BCUT2D eigenvalue weighted by Crippen LogP contribution is -2.59. The highest BCUT2D eigenvalue weighted by Gasteiger charge is 2.75. The minimum Gasteiger partial charge on any atom is -0.463 e. The van der Waals surface area contributed by atoms with E-state index in [1.54, 1.807) is 22.0 Å². The van der Waals surface area contributed by atoms with E-state index < -0.39 is 53.5 Å². The molecule has 1 spiro atoms. The number of likely N-dealkylation sites (tertiary alicyclic amines) is 1. The first kappa shape index (κ1) is 37.7. The molecule has 0 radical (unpaired) electrons. The fourth-order valence-corrected chi connectivity index (χ4v) is 8.23. The van der Waals surface area contributed by atoms with Crippen LogP contribution in [0.2, 0.25) is 0 Å². The maximum atomic E-state index is 14.8. The van der Waals surface area contributed by atoms with Crippen LogP contribution in [0.3, 0.4) is 0 Å². The van der Waals surface area contributed by atoms with Crippen molar-refractivity contribution in [1.29, 1.82) is 0 Å². The molecule has 1 aromatic rings. The third kappa shape index (κ3) is 7.98. The molecule has 3 amide bonds. The number of hydrogen-bond acceptors (Lipinski definition) is 9. The Balaban J connectivity index is 1.44. The lowest BCUT2D eigenvalue weighted by molar-refractivity contribution is -0.151. The zero-order valence-electron chi connectivity index (χ0n) is 29.5. The molecule has 12 nitrogen and oxygen atoms in total. The monoisotopic (exact) mass is 694 g/mol. The van der Waals surface area contributed by atoms with Gasteiger partial charge in [0.2, 0.25) is 17.7 Å². The van der Waals surface area contributed by atoms with E-state index in [1.165, 1.54) is 0 Å². The van der Waals surface area contributed by atoms with Gasteiger partial charge in [-0.15, -0.1) is 13.2 Å². The van der Waals surface area contributed by atoms with Gasteiger partial charge < -0.3 is 34.4 Å². The number of aliphatic hydroxyl groups is 1. The third-order valence-electron chi connectivity index (χ3n) is 10.6. The van der Waals surface area contributed by atoms with Crippen molar-refractivity contribution in [3.63, 3.8) is 0 Å². The van der Waals surface area contributed by atoms with Crippen LogP contribution in [0.25, 0.3) is 0 Å². The van der Waals surface area contributed by atoms with Gasteiger partial charge in [0.05, 0.1) is 49.8 Å². The smallest absolute Gasteiger partial charge is 0.306 e. The number of esters is 1.